The quantitative estimate of drug-likeness (QED) is 0.414. The highest BCUT2D eigenvalue weighted by Gasteiger charge is 2.44. The van der Waals surface area contributed by atoms with Crippen LogP contribution < -0.4 is 9.62 Å². The van der Waals surface area contributed by atoms with Crippen molar-refractivity contribution in [1.82, 2.24) is 9.71 Å². The summed E-state index contributed by atoms with van der Waals surface area (Å²) in [7, 11) is -3.34. The zero-order valence-corrected chi connectivity index (χ0v) is 24.3. The average Bonchev–Trinajstić information content (AvgIpc) is 3.61. The topological polar surface area (TPSA) is 117 Å². The molecule has 1 amide bonds. The van der Waals surface area contributed by atoms with Crippen LogP contribution in [0.4, 0.5) is 23.2 Å². The Morgan fingerprint density at radius 1 is 1.20 bits per heavy atom. The molecular weight excluding hydrogens is 594 g/mol. The Hall–Kier alpha value is -2.20. The standard InChI is InChI=1S/C25H27F4N3O5S.2H2S/c1-38(36,37)31-14-24(6-7-24)16-2-4-18(5-3-16)32-13-20(34)9-15(23(32)35)8-19(33)11-22-21(26)10-17(12-30-22)25(27,28)29;;/h2-5,10,12,15,20,31,34H,6-9,11,13-14H2,1H3;2*1H2/t15-,20-;;/m0../s1. The number of anilines is 1. The Morgan fingerprint density at radius 2 is 1.82 bits per heavy atom. The van der Waals surface area contributed by atoms with Crippen molar-refractivity contribution in [1.29, 1.82) is 0 Å². The molecule has 1 aromatic carbocycles. The van der Waals surface area contributed by atoms with Crippen LogP contribution in [0.15, 0.2) is 36.5 Å². The lowest BCUT2D eigenvalue weighted by atomic mass is 9.88. The molecule has 1 saturated carbocycles. The molecular formula is C25H31F4N3O5S3. The molecule has 8 nitrogen and oxygen atoms in total. The second kappa shape index (κ2) is 12.8. The second-order valence-corrected chi connectivity index (χ2v) is 11.9. The molecule has 2 aliphatic rings. The molecule has 0 bridgehead atoms. The molecule has 15 heteroatoms. The van der Waals surface area contributed by atoms with E-state index in [4.69, 9.17) is 0 Å². The van der Waals surface area contributed by atoms with Crippen molar-refractivity contribution in [2.24, 2.45) is 5.92 Å². The second-order valence-electron chi connectivity index (χ2n) is 10.0. The number of amides is 1. The van der Waals surface area contributed by atoms with Crippen LogP contribution in [0.5, 0.6) is 0 Å². The minimum absolute atomic E-state index is 0. The summed E-state index contributed by atoms with van der Waals surface area (Å²) in [6.07, 6.45) is -3.40. The molecule has 40 heavy (non-hydrogen) atoms. The number of piperidine rings is 1. The Kier molecular flexibility index (Phi) is 10.8. The fraction of sp³-hybridized carbons (Fsp3) is 0.480. The van der Waals surface area contributed by atoms with Crippen LogP contribution in [0.2, 0.25) is 0 Å². The van der Waals surface area contributed by atoms with Crippen molar-refractivity contribution in [3.63, 3.8) is 0 Å². The number of hydrogen-bond donors (Lipinski definition) is 2. The average molecular weight is 626 g/mol. The maximum absolute atomic E-state index is 14.1. The smallest absolute Gasteiger partial charge is 0.391 e. The number of nitrogens with one attached hydrogen (secondary N) is 1. The van der Waals surface area contributed by atoms with Gasteiger partial charge in [0.1, 0.15) is 11.6 Å². The molecule has 1 aliphatic heterocycles. The number of rotatable bonds is 9. The summed E-state index contributed by atoms with van der Waals surface area (Å²) < 4.78 is 77.8. The maximum Gasteiger partial charge on any atom is 0.417 e. The number of halogens is 4. The zero-order valence-electron chi connectivity index (χ0n) is 21.5. The van der Waals surface area contributed by atoms with Gasteiger partial charge in [-0.25, -0.2) is 17.5 Å². The Morgan fingerprint density at radius 3 is 2.35 bits per heavy atom. The number of hydrogen-bond acceptors (Lipinski definition) is 6. The van der Waals surface area contributed by atoms with Crippen LogP contribution >= 0.6 is 27.0 Å². The molecule has 0 spiro atoms. The number of carbonyl (C=O) groups excluding carboxylic acids is 2. The summed E-state index contributed by atoms with van der Waals surface area (Å²) in [6.45, 7) is 0.282. The minimum Gasteiger partial charge on any atom is -0.391 e. The predicted octanol–water partition coefficient (Wildman–Crippen LogP) is 2.96. The number of nitrogens with zero attached hydrogens (tertiary/aromatic N) is 2. The lowest BCUT2D eigenvalue weighted by Gasteiger charge is -2.35. The van der Waals surface area contributed by atoms with E-state index in [2.05, 4.69) is 9.71 Å². The number of β-amino-alcohol motifs (C(OH)–C–C–N with tert-alkyl or cyclic N) is 1. The number of carbonyl (C=O) groups is 2. The number of aromatic nitrogens is 1. The first-order valence-corrected chi connectivity index (χ1v) is 13.8. The largest absolute Gasteiger partial charge is 0.417 e. The van der Waals surface area contributed by atoms with Gasteiger partial charge in [-0.2, -0.15) is 40.2 Å². The van der Waals surface area contributed by atoms with Crippen LogP contribution in [-0.4, -0.2) is 55.6 Å². The number of alkyl halides is 3. The summed E-state index contributed by atoms with van der Waals surface area (Å²) in [6, 6.07) is 7.29. The van der Waals surface area contributed by atoms with Crippen molar-refractivity contribution in [3.8, 4) is 0 Å². The summed E-state index contributed by atoms with van der Waals surface area (Å²) in [4.78, 5) is 30.5. The number of pyridine rings is 1. The van der Waals surface area contributed by atoms with E-state index in [1.807, 2.05) is 0 Å². The van der Waals surface area contributed by atoms with Crippen LogP contribution in [-0.2, 0) is 37.6 Å². The Labute approximate surface area is 243 Å². The van der Waals surface area contributed by atoms with Crippen LogP contribution in [0.1, 0.15) is 42.5 Å². The monoisotopic (exact) mass is 625 g/mol. The molecule has 2 atom stereocenters. The third kappa shape index (κ3) is 8.18. The number of aliphatic hydroxyl groups is 1. The fourth-order valence-electron chi connectivity index (χ4n) is 4.70. The third-order valence-corrected chi connectivity index (χ3v) is 7.63. The molecule has 2 N–H and O–H groups in total. The van der Waals surface area contributed by atoms with Gasteiger partial charge >= 0.3 is 6.18 Å². The van der Waals surface area contributed by atoms with Gasteiger partial charge in [0.2, 0.25) is 15.9 Å². The van der Waals surface area contributed by atoms with Gasteiger partial charge in [0.25, 0.3) is 0 Å². The van der Waals surface area contributed by atoms with E-state index < -0.39 is 63.4 Å². The summed E-state index contributed by atoms with van der Waals surface area (Å²) in [5.41, 5.74) is -0.599. The predicted molar refractivity (Wildman–Crippen MR) is 150 cm³/mol. The molecule has 2 fully saturated rings. The van der Waals surface area contributed by atoms with Crippen molar-refractivity contribution in [3.05, 3.63) is 59.2 Å². The maximum atomic E-state index is 14.1. The minimum atomic E-state index is -4.77. The van der Waals surface area contributed by atoms with Crippen molar-refractivity contribution in [2.75, 3.05) is 24.2 Å². The van der Waals surface area contributed by atoms with Gasteiger partial charge < -0.3 is 10.0 Å². The lowest BCUT2D eigenvalue weighted by molar-refractivity contribution is -0.138. The summed E-state index contributed by atoms with van der Waals surface area (Å²) in [5, 5.41) is 10.4. The van der Waals surface area contributed by atoms with Crippen molar-refractivity contribution >= 4 is 54.4 Å². The van der Waals surface area contributed by atoms with Gasteiger partial charge in [-0.1, -0.05) is 12.1 Å². The van der Waals surface area contributed by atoms with Crippen molar-refractivity contribution < 1.29 is 40.7 Å². The molecule has 0 unspecified atom stereocenters. The Balaban J connectivity index is 0.00000280. The first-order valence-electron chi connectivity index (χ1n) is 11.9. The summed E-state index contributed by atoms with van der Waals surface area (Å²) in [5.74, 6) is -3.15. The van der Waals surface area contributed by atoms with Gasteiger partial charge in [-0.15, -0.1) is 0 Å². The van der Waals surface area contributed by atoms with Gasteiger partial charge in [0.15, 0.2) is 0 Å². The van der Waals surface area contributed by atoms with Gasteiger partial charge in [-0.3, -0.25) is 14.6 Å². The van der Waals surface area contributed by atoms with Crippen LogP contribution in [0.25, 0.3) is 0 Å². The highest BCUT2D eigenvalue weighted by molar-refractivity contribution is 7.88. The lowest BCUT2D eigenvalue weighted by Crippen LogP contribution is -2.48. The van der Waals surface area contributed by atoms with Crippen LogP contribution in [0.3, 0.4) is 0 Å². The number of benzene rings is 1. The van der Waals surface area contributed by atoms with Gasteiger partial charge in [0, 0.05) is 36.2 Å². The number of ketones is 1. The fourth-order valence-corrected chi connectivity index (χ4v) is 5.23. The van der Waals surface area contributed by atoms with E-state index in [0.29, 0.717) is 11.9 Å². The molecule has 1 aromatic heterocycles. The molecule has 1 saturated heterocycles. The molecule has 222 valence electrons. The van der Waals surface area contributed by atoms with E-state index >= 15 is 0 Å². The van der Waals surface area contributed by atoms with Gasteiger partial charge in [0.05, 0.1) is 36.6 Å². The molecule has 4 rings (SSSR count). The van der Waals surface area contributed by atoms with E-state index in [1.165, 1.54) is 4.90 Å². The third-order valence-electron chi connectivity index (χ3n) is 6.97. The molecule has 1 aliphatic carbocycles. The number of Topliss-reactive ketones (excluding diaryl/α,β-unsaturated/α-hetero) is 1. The number of aliphatic hydroxyl groups excluding tert-OH is 1. The van der Waals surface area contributed by atoms with E-state index in [-0.39, 0.29) is 64.4 Å². The normalized spacial score (nSPS) is 20.4. The summed E-state index contributed by atoms with van der Waals surface area (Å²) >= 11 is 0. The highest BCUT2D eigenvalue weighted by Crippen LogP contribution is 2.48. The molecule has 2 heterocycles. The molecule has 2 aromatic rings. The zero-order chi connectivity index (χ0) is 27.9. The SMILES string of the molecule is CS(=O)(=O)NCC1(c2ccc(N3C[C@@H](O)C[C@H](CC(=O)Cc4ncc(C(F)(F)F)cc4F)C3=O)cc2)CC1.S.S. The highest BCUT2D eigenvalue weighted by atomic mass is 32.2. The van der Waals surface area contributed by atoms with Gasteiger partial charge in [-0.05, 0) is 43.0 Å². The van der Waals surface area contributed by atoms with Crippen LogP contribution in [0, 0.1) is 11.7 Å². The first kappa shape index (κ1) is 34.0. The van der Waals surface area contributed by atoms with E-state index in [1.54, 1.807) is 24.3 Å². The van der Waals surface area contributed by atoms with Crippen molar-refractivity contribution in [2.45, 2.75) is 49.8 Å². The molecule has 0 radical (unpaired) electrons. The first-order chi connectivity index (χ1) is 17.7. The van der Waals surface area contributed by atoms with E-state index in [0.717, 1.165) is 24.7 Å². The van der Waals surface area contributed by atoms with E-state index in [9.17, 15) is 40.7 Å². The Bertz CT molecular complexity index is 1340. The number of sulfonamides is 1.